The Morgan fingerprint density at radius 1 is 1.13 bits per heavy atom. The van der Waals surface area contributed by atoms with Gasteiger partial charge in [0.05, 0.1) is 6.10 Å². The van der Waals surface area contributed by atoms with E-state index in [1.54, 1.807) is 0 Å². The predicted octanol–water partition coefficient (Wildman–Crippen LogP) is 3.81. The maximum Gasteiger partial charge on any atom is 0.127 e. The summed E-state index contributed by atoms with van der Waals surface area (Å²) < 4.78 is 5.77. The summed E-state index contributed by atoms with van der Waals surface area (Å²) in [7, 11) is 0. The average molecular weight is 199 g/mol. The molecule has 0 fully saturated rings. The first-order chi connectivity index (χ1) is 7.16. The Balaban J connectivity index is 2.60. The van der Waals surface area contributed by atoms with Crippen molar-refractivity contribution in [3.05, 3.63) is 48.9 Å². The maximum absolute atomic E-state index is 5.77. The minimum atomic E-state index is 0.190. The summed E-state index contributed by atoms with van der Waals surface area (Å²) >= 11 is 0. The Morgan fingerprint density at radius 2 is 1.87 bits per heavy atom. The topological polar surface area (TPSA) is 9.23 Å². The van der Waals surface area contributed by atoms with E-state index in [-0.39, 0.29) is 6.10 Å². The van der Waals surface area contributed by atoms with Crippen molar-refractivity contribution in [2.45, 2.75) is 20.0 Å². The molecule has 0 N–H and O–H groups in total. The van der Waals surface area contributed by atoms with Crippen LogP contribution in [0.2, 0.25) is 0 Å². The Morgan fingerprint density at radius 3 is 2.60 bits per heavy atom. The van der Waals surface area contributed by atoms with Gasteiger partial charge in [0, 0.05) is 5.39 Å². The van der Waals surface area contributed by atoms with Gasteiger partial charge in [0.2, 0.25) is 0 Å². The van der Waals surface area contributed by atoms with E-state index in [1.165, 1.54) is 5.39 Å². The van der Waals surface area contributed by atoms with E-state index in [0.717, 1.165) is 16.7 Å². The molecule has 2 aromatic carbocycles. The van der Waals surface area contributed by atoms with E-state index in [0.29, 0.717) is 0 Å². The third kappa shape index (κ3) is 2.12. The van der Waals surface area contributed by atoms with Gasteiger partial charge in [-0.25, -0.2) is 0 Å². The van der Waals surface area contributed by atoms with Crippen LogP contribution in [-0.2, 0) is 0 Å². The SMILES string of the molecule is [CH2]c1cc(OC(C)C)c2ccccc2c1. The Labute approximate surface area is 90.7 Å². The second-order valence-electron chi connectivity index (χ2n) is 3.98. The molecule has 0 amide bonds. The molecule has 0 aliphatic carbocycles. The van der Waals surface area contributed by atoms with Crippen LogP contribution in [0, 0.1) is 6.92 Å². The van der Waals surface area contributed by atoms with Crippen molar-refractivity contribution in [1.29, 1.82) is 0 Å². The zero-order valence-corrected chi connectivity index (χ0v) is 9.16. The molecule has 0 aromatic heterocycles. The zero-order chi connectivity index (χ0) is 10.8. The van der Waals surface area contributed by atoms with Crippen LogP contribution in [0.1, 0.15) is 19.4 Å². The van der Waals surface area contributed by atoms with E-state index < -0.39 is 0 Å². The van der Waals surface area contributed by atoms with Gasteiger partial charge >= 0.3 is 0 Å². The molecule has 1 heteroatoms. The van der Waals surface area contributed by atoms with Crippen LogP contribution in [0.15, 0.2) is 36.4 Å². The minimum Gasteiger partial charge on any atom is -0.490 e. The summed E-state index contributed by atoms with van der Waals surface area (Å²) in [6, 6.07) is 12.3. The molecule has 1 radical (unpaired) electrons. The highest BCUT2D eigenvalue weighted by atomic mass is 16.5. The number of hydrogen-bond acceptors (Lipinski definition) is 1. The smallest absolute Gasteiger partial charge is 0.127 e. The average Bonchev–Trinajstić information content (AvgIpc) is 2.16. The van der Waals surface area contributed by atoms with Gasteiger partial charge in [0.15, 0.2) is 0 Å². The van der Waals surface area contributed by atoms with Crippen molar-refractivity contribution in [1.82, 2.24) is 0 Å². The van der Waals surface area contributed by atoms with Gasteiger partial charge in [-0.05, 0) is 37.8 Å². The van der Waals surface area contributed by atoms with Gasteiger partial charge in [-0.2, -0.15) is 0 Å². The molecule has 0 spiro atoms. The number of rotatable bonds is 2. The third-order valence-electron chi connectivity index (χ3n) is 2.25. The maximum atomic E-state index is 5.77. The highest BCUT2D eigenvalue weighted by Gasteiger charge is 2.04. The summed E-state index contributed by atoms with van der Waals surface area (Å²) in [6.07, 6.45) is 0.190. The second-order valence-corrected chi connectivity index (χ2v) is 3.98. The lowest BCUT2D eigenvalue weighted by molar-refractivity contribution is 0.245. The van der Waals surface area contributed by atoms with Crippen LogP contribution >= 0.6 is 0 Å². The lowest BCUT2D eigenvalue weighted by atomic mass is 10.1. The van der Waals surface area contributed by atoms with Crippen molar-refractivity contribution >= 4 is 10.8 Å². The highest BCUT2D eigenvalue weighted by Crippen LogP contribution is 2.27. The molecule has 2 rings (SSSR count). The fourth-order valence-corrected chi connectivity index (χ4v) is 1.69. The van der Waals surface area contributed by atoms with E-state index in [9.17, 15) is 0 Å². The molecule has 77 valence electrons. The molecule has 0 aliphatic heterocycles. The monoisotopic (exact) mass is 199 g/mol. The minimum absolute atomic E-state index is 0.190. The van der Waals surface area contributed by atoms with Gasteiger partial charge in [0.25, 0.3) is 0 Å². The lowest BCUT2D eigenvalue weighted by Gasteiger charge is -2.13. The van der Waals surface area contributed by atoms with Crippen LogP contribution < -0.4 is 4.74 Å². The van der Waals surface area contributed by atoms with Crippen LogP contribution in [-0.4, -0.2) is 6.10 Å². The summed E-state index contributed by atoms with van der Waals surface area (Å²) in [5.74, 6) is 0.924. The lowest BCUT2D eigenvalue weighted by Crippen LogP contribution is -2.05. The first kappa shape index (κ1) is 10.0. The molecule has 0 bridgehead atoms. The third-order valence-corrected chi connectivity index (χ3v) is 2.25. The molecule has 1 nitrogen and oxygen atoms in total. The van der Waals surface area contributed by atoms with Crippen molar-refractivity contribution in [2.75, 3.05) is 0 Å². The van der Waals surface area contributed by atoms with Crippen molar-refractivity contribution in [3.63, 3.8) is 0 Å². The molecular formula is C14H15O. The Hall–Kier alpha value is -1.50. The Kier molecular flexibility index (Phi) is 2.63. The molecule has 0 unspecified atom stereocenters. The molecule has 0 heterocycles. The van der Waals surface area contributed by atoms with Gasteiger partial charge in [-0.15, -0.1) is 0 Å². The summed E-state index contributed by atoms with van der Waals surface area (Å²) in [5, 5.41) is 2.33. The quantitative estimate of drug-likeness (QED) is 0.714. The molecule has 2 aromatic rings. The van der Waals surface area contributed by atoms with E-state index in [1.807, 2.05) is 32.0 Å². The predicted molar refractivity (Wildman–Crippen MR) is 64.2 cm³/mol. The fourth-order valence-electron chi connectivity index (χ4n) is 1.69. The first-order valence-electron chi connectivity index (χ1n) is 5.18. The van der Waals surface area contributed by atoms with Gasteiger partial charge < -0.3 is 4.74 Å². The van der Waals surface area contributed by atoms with Crippen LogP contribution in [0.5, 0.6) is 5.75 Å². The molecule has 0 saturated carbocycles. The van der Waals surface area contributed by atoms with Crippen molar-refractivity contribution < 1.29 is 4.74 Å². The van der Waals surface area contributed by atoms with Crippen LogP contribution in [0.4, 0.5) is 0 Å². The van der Waals surface area contributed by atoms with E-state index >= 15 is 0 Å². The summed E-state index contributed by atoms with van der Waals surface area (Å²) in [5.41, 5.74) is 0.990. The summed E-state index contributed by atoms with van der Waals surface area (Å²) in [4.78, 5) is 0. The fraction of sp³-hybridized carbons (Fsp3) is 0.214. The van der Waals surface area contributed by atoms with Gasteiger partial charge in [-0.3, -0.25) is 0 Å². The first-order valence-corrected chi connectivity index (χ1v) is 5.18. The van der Waals surface area contributed by atoms with Crippen molar-refractivity contribution in [2.24, 2.45) is 0 Å². The van der Waals surface area contributed by atoms with Gasteiger partial charge in [0.1, 0.15) is 5.75 Å². The standard InChI is InChI=1S/C14H15O/c1-10(2)15-14-9-11(3)8-12-6-4-5-7-13(12)14/h4-10H,3H2,1-2H3. The Bertz CT molecular complexity index is 472. The number of benzene rings is 2. The number of ether oxygens (including phenoxy) is 1. The molecular weight excluding hydrogens is 184 g/mol. The highest BCUT2D eigenvalue weighted by molar-refractivity contribution is 5.89. The number of fused-ring (bicyclic) bond motifs is 1. The molecule has 0 atom stereocenters. The largest absolute Gasteiger partial charge is 0.490 e. The molecule has 0 aliphatic rings. The van der Waals surface area contributed by atoms with E-state index in [4.69, 9.17) is 4.74 Å². The van der Waals surface area contributed by atoms with Gasteiger partial charge in [-0.1, -0.05) is 30.3 Å². The molecule has 15 heavy (non-hydrogen) atoms. The second kappa shape index (κ2) is 3.93. The van der Waals surface area contributed by atoms with E-state index in [2.05, 4.69) is 25.1 Å². The number of hydrogen-bond donors (Lipinski definition) is 0. The summed E-state index contributed by atoms with van der Waals surface area (Å²) in [6.45, 7) is 8.02. The molecule has 0 saturated heterocycles. The normalized spacial score (nSPS) is 10.9. The van der Waals surface area contributed by atoms with Crippen LogP contribution in [0.3, 0.4) is 0 Å². The van der Waals surface area contributed by atoms with Crippen molar-refractivity contribution in [3.8, 4) is 5.75 Å². The van der Waals surface area contributed by atoms with Crippen LogP contribution in [0.25, 0.3) is 10.8 Å². The zero-order valence-electron chi connectivity index (χ0n) is 9.16.